The van der Waals surface area contributed by atoms with Crippen LogP contribution in [0.1, 0.15) is 19.8 Å². The number of phenols is 1. The summed E-state index contributed by atoms with van der Waals surface area (Å²) in [6.45, 7) is 2.94. The topological polar surface area (TPSA) is 61.4 Å². The number of hydrogen-bond acceptors (Lipinski definition) is 3. The van der Waals surface area contributed by atoms with Crippen molar-refractivity contribution in [1.82, 2.24) is 5.32 Å². The molecule has 2 atom stereocenters. The average Bonchev–Trinajstić information content (AvgIpc) is 2.34. The summed E-state index contributed by atoms with van der Waals surface area (Å²) in [7, 11) is 0. The van der Waals surface area contributed by atoms with Crippen molar-refractivity contribution in [2.45, 2.75) is 25.8 Å². The van der Waals surface area contributed by atoms with Crippen LogP contribution in [0, 0.1) is 11.7 Å². The summed E-state index contributed by atoms with van der Waals surface area (Å²) in [5.74, 6) is -0.805. The van der Waals surface area contributed by atoms with Crippen LogP contribution in [0.15, 0.2) is 18.2 Å². The number of anilines is 1. The summed E-state index contributed by atoms with van der Waals surface area (Å²) >= 11 is 0. The zero-order chi connectivity index (χ0) is 13.1. The van der Waals surface area contributed by atoms with E-state index in [1.807, 2.05) is 0 Å². The predicted octanol–water partition coefficient (Wildman–Crippen LogP) is 1.86. The van der Waals surface area contributed by atoms with Crippen molar-refractivity contribution < 1.29 is 14.3 Å². The lowest BCUT2D eigenvalue weighted by atomic mass is 9.94. The summed E-state index contributed by atoms with van der Waals surface area (Å²) in [6, 6.07) is 3.58. The monoisotopic (exact) mass is 252 g/mol. The molecule has 1 aliphatic heterocycles. The molecule has 5 heteroatoms. The quantitative estimate of drug-likeness (QED) is 0.704. The van der Waals surface area contributed by atoms with Gasteiger partial charge in [0.1, 0.15) is 0 Å². The summed E-state index contributed by atoms with van der Waals surface area (Å²) in [6.07, 6.45) is 1.85. The van der Waals surface area contributed by atoms with Gasteiger partial charge >= 0.3 is 0 Å². The van der Waals surface area contributed by atoms with Gasteiger partial charge in [-0.2, -0.15) is 0 Å². The van der Waals surface area contributed by atoms with Gasteiger partial charge in [0.25, 0.3) is 0 Å². The lowest BCUT2D eigenvalue weighted by Crippen LogP contribution is -2.45. The molecule has 1 aromatic rings. The van der Waals surface area contributed by atoms with E-state index < -0.39 is 11.6 Å². The average molecular weight is 252 g/mol. The van der Waals surface area contributed by atoms with Crippen molar-refractivity contribution in [2.24, 2.45) is 5.92 Å². The Bertz CT molecular complexity index is 451. The number of nitrogens with one attached hydrogen (secondary N) is 2. The van der Waals surface area contributed by atoms with Crippen LogP contribution in [0.4, 0.5) is 10.1 Å². The Morgan fingerprint density at radius 3 is 3.00 bits per heavy atom. The second-order valence-electron chi connectivity index (χ2n) is 4.79. The van der Waals surface area contributed by atoms with E-state index in [9.17, 15) is 9.18 Å². The summed E-state index contributed by atoms with van der Waals surface area (Å²) in [5, 5.41) is 14.8. The van der Waals surface area contributed by atoms with E-state index in [1.54, 1.807) is 0 Å². The van der Waals surface area contributed by atoms with Crippen LogP contribution in [0.25, 0.3) is 0 Å². The smallest absolute Gasteiger partial charge is 0.241 e. The minimum Gasteiger partial charge on any atom is -0.505 e. The fourth-order valence-corrected chi connectivity index (χ4v) is 2.12. The van der Waals surface area contributed by atoms with E-state index in [0.717, 1.165) is 25.5 Å². The number of carbonyl (C=O) groups excluding carboxylic acids is 1. The molecule has 0 spiro atoms. The van der Waals surface area contributed by atoms with Gasteiger partial charge in [-0.15, -0.1) is 0 Å². The first kappa shape index (κ1) is 12.8. The molecule has 3 N–H and O–H groups in total. The highest BCUT2D eigenvalue weighted by Gasteiger charge is 2.24. The number of aromatic hydroxyl groups is 1. The summed E-state index contributed by atoms with van der Waals surface area (Å²) in [4.78, 5) is 12.0. The van der Waals surface area contributed by atoms with Crippen molar-refractivity contribution in [2.75, 3.05) is 11.9 Å². The van der Waals surface area contributed by atoms with E-state index in [4.69, 9.17) is 5.11 Å². The number of benzene rings is 1. The Balaban J connectivity index is 2.00. The van der Waals surface area contributed by atoms with Crippen LogP contribution < -0.4 is 10.6 Å². The van der Waals surface area contributed by atoms with Crippen molar-refractivity contribution in [3.63, 3.8) is 0 Å². The fourth-order valence-electron chi connectivity index (χ4n) is 2.12. The van der Waals surface area contributed by atoms with Gasteiger partial charge in [0.2, 0.25) is 5.91 Å². The first-order chi connectivity index (χ1) is 8.56. The molecule has 18 heavy (non-hydrogen) atoms. The van der Waals surface area contributed by atoms with E-state index in [1.165, 1.54) is 12.1 Å². The van der Waals surface area contributed by atoms with Gasteiger partial charge in [0, 0.05) is 11.8 Å². The van der Waals surface area contributed by atoms with Crippen molar-refractivity contribution >= 4 is 11.6 Å². The van der Waals surface area contributed by atoms with Gasteiger partial charge in [-0.3, -0.25) is 4.79 Å². The number of rotatable bonds is 2. The molecule has 2 unspecified atom stereocenters. The standard InChI is InChI=1S/C13H17FN2O2/c1-8-4-5-15-11(6-8)13(18)16-9-2-3-12(17)10(14)7-9/h2-3,7-8,11,15,17H,4-6H2,1H3,(H,16,18). The molecule has 1 amide bonds. The zero-order valence-corrected chi connectivity index (χ0v) is 10.2. The van der Waals surface area contributed by atoms with Crippen LogP contribution in [-0.2, 0) is 4.79 Å². The van der Waals surface area contributed by atoms with Crippen molar-refractivity contribution in [3.05, 3.63) is 24.0 Å². The summed E-state index contributed by atoms with van der Waals surface area (Å²) in [5.41, 5.74) is 0.357. The molecular formula is C13H17FN2O2. The predicted molar refractivity (Wildman–Crippen MR) is 66.9 cm³/mol. The third kappa shape index (κ3) is 2.98. The normalized spacial score (nSPS) is 23.7. The lowest BCUT2D eigenvalue weighted by molar-refractivity contribution is -0.119. The van der Waals surface area contributed by atoms with Crippen molar-refractivity contribution in [3.8, 4) is 5.75 Å². The zero-order valence-electron chi connectivity index (χ0n) is 10.2. The van der Waals surface area contributed by atoms with E-state index in [-0.39, 0.29) is 11.9 Å². The Kier molecular flexibility index (Phi) is 3.81. The van der Waals surface area contributed by atoms with Crippen LogP contribution in [0.3, 0.4) is 0 Å². The van der Waals surface area contributed by atoms with E-state index >= 15 is 0 Å². The van der Waals surface area contributed by atoms with Gasteiger partial charge in [0.05, 0.1) is 6.04 Å². The SMILES string of the molecule is CC1CCNC(C(=O)Nc2ccc(O)c(F)c2)C1. The number of piperidine rings is 1. The molecule has 0 aliphatic carbocycles. The molecule has 0 aromatic heterocycles. The van der Waals surface area contributed by atoms with E-state index in [2.05, 4.69) is 17.6 Å². The minimum absolute atomic E-state index is 0.161. The highest BCUT2D eigenvalue weighted by atomic mass is 19.1. The van der Waals surface area contributed by atoms with Crippen LogP contribution in [-0.4, -0.2) is 23.6 Å². The van der Waals surface area contributed by atoms with Gasteiger partial charge < -0.3 is 15.7 Å². The lowest BCUT2D eigenvalue weighted by Gasteiger charge is -2.27. The van der Waals surface area contributed by atoms with Gasteiger partial charge in [-0.05, 0) is 37.4 Å². The Hall–Kier alpha value is -1.62. The highest BCUT2D eigenvalue weighted by molar-refractivity contribution is 5.94. The third-order valence-corrected chi connectivity index (χ3v) is 3.20. The number of amides is 1. The minimum atomic E-state index is -0.738. The molecule has 1 saturated heterocycles. The maximum Gasteiger partial charge on any atom is 0.241 e. The highest BCUT2D eigenvalue weighted by Crippen LogP contribution is 2.21. The maximum absolute atomic E-state index is 13.1. The van der Waals surface area contributed by atoms with Crippen LogP contribution in [0.2, 0.25) is 0 Å². The Morgan fingerprint density at radius 2 is 2.33 bits per heavy atom. The molecule has 0 bridgehead atoms. The first-order valence-corrected chi connectivity index (χ1v) is 6.09. The second-order valence-corrected chi connectivity index (χ2v) is 4.79. The molecular weight excluding hydrogens is 235 g/mol. The van der Waals surface area contributed by atoms with Crippen LogP contribution in [0.5, 0.6) is 5.75 Å². The molecule has 1 aromatic carbocycles. The third-order valence-electron chi connectivity index (χ3n) is 3.20. The van der Waals surface area contributed by atoms with Crippen molar-refractivity contribution in [1.29, 1.82) is 0 Å². The number of phenolic OH excluding ortho intramolecular Hbond substituents is 1. The Morgan fingerprint density at radius 1 is 1.56 bits per heavy atom. The largest absolute Gasteiger partial charge is 0.505 e. The Labute approximate surface area is 105 Å². The molecule has 2 rings (SSSR count). The van der Waals surface area contributed by atoms with Gasteiger partial charge in [0.15, 0.2) is 11.6 Å². The van der Waals surface area contributed by atoms with Crippen LogP contribution >= 0.6 is 0 Å². The molecule has 98 valence electrons. The number of halogens is 1. The fraction of sp³-hybridized carbons (Fsp3) is 0.462. The van der Waals surface area contributed by atoms with E-state index in [0.29, 0.717) is 11.6 Å². The first-order valence-electron chi connectivity index (χ1n) is 6.09. The maximum atomic E-state index is 13.1. The molecule has 1 fully saturated rings. The van der Waals surface area contributed by atoms with Gasteiger partial charge in [-0.1, -0.05) is 6.92 Å². The number of hydrogen-bond donors (Lipinski definition) is 3. The molecule has 0 saturated carbocycles. The molecule has 1 aliphatic rings. The second kappa shape index (κ2) is 5.35. The molecule has 1 heterocycles. The molecule has 0 radical (unpaired) electrons. The summed E-state index contributed by atoms with van der Waals surface area (Å²) < 4.78 is 13.1. The molecule has 4 nitrogen and oxygen atoms in total. The number of carbonyl (C=O) groups is 1. The van der Waals surface area contributed by atoms with Gasteiger partial charge in [-0.25, -0.2) is 4.39 Å².